The van der Waals surface area contributed by atoms with E-state index in [-0.39, 0.29) is 5.95 Å². The van der Waals surface area contributed by atoms with Gasteiger partial charge in [-0.1, -0.05) is 25.5 Å². The number of anilines is 1. The highest BCUT2D eigenvalue weighted by Gasteiger charge is 2.10. The summed E-state index contributed by atoms with van der Waals surface area (Å²) in [6.45, 7) is 2.08. The molecule has 23 heavy (non-hydrogen) atoms. The van der Waals surface area contributed by atoms with Crippen LogP contribution in [0.15, 0.2) is 36.4 Å². The second-order valence-corrected chi connectivity index (χ2v) is 5.28. The van der Waals surface area contributed by atoms with Gasteiger partial charge in [-0.2, -0.15) is 0 Å². The molecular formula is C17H17N5O. The van der Waals surface area contributed by atoms with E-state index in [1.54, 1.807) is 12.1 Å². The molecule has 0 saturated heterocycles. The summed E-state index contributed by atoms with van der Waals surface area (Å²) in [5.41, 5.74) is 15.5. The summed E-state index contributed by atoms with van der Waals surface area (Å²) in [6.07, 6.45) is 1.74. The Hall–Kier alpha value is -3.02. The summed E-state index contributed by atoms with van der Waals surface area (Å²) in [5.74, 6) is -0.182. The van der Waals surface area contributed by atoms with Gasteiger partial charge in [-0.3, -0.25) is 4.79 Å². The fourth-order valence-corrected chi connectivity index (χ4v) is 2.47. The zero-order valence-corrected chi connectivity index (χ0v) is 12.8. The van der Waals surface area contributed by atoms with Crippen LogP contribution in [0.4, 0.5) is 5.95 Å². The Morgan fingerprint density at radius 1 is 1.04 bits per heavy atom. The summed E-state index contributed by atoms with van der Waals surface area (Å²) in [4.78, 5) is 24.4. The number of nitrogen functional groups attached to an aromatic ring is 1. The molecule has 6 nitrogen and oxygen atoms in total. The van der Waals surface area contributed by atoms with Gasteiger partial charge in [0.1, 0.15) is 5.52 Å². The largest absolute Gasteiger partial charge is 0.368 e. The number of pyridine rings is 1. The molecule has 0 bridgehead atoms. The van der Waals surface area contributed by atoms with Crippen LogP contribution in [-0.4, -0.2) is 20.9 Å². The molecule has 0 aliphatic heterocycles. The van der Waals surface area contributed by atoms with Crippen molar-refractivity contribution in [3.63, 3.8) is 0 Å². The Morgan fingerprint density at radius 3 is 2.43 bits per heavy atom. The van der Waals surface area contributed by atoms with E-state index in [1.165, 1.54) is 0 Å². The van der Waals surface area contributed by atoms with Gasteiger partial charge in [0.15, 0.2) is 0 Å². The minimum atomic E-state index is -0.447. The van der Waals surface area contributed by atoms with Gasteiger partial charge in [0.2, 0.25) is 11.9 Å². The van der Waals surface area contributed by atoms with Gasteiger partial charge in [0.05, 0.1) is 16.9 Å². The number of nitrogens with zero attached hydrogens (tertiary/aromatic N) is 3. The first-order valence-electron chi connectivity index (χ1n) is 7.42. The van der Waals surface area contributed by atoms with Gasteiger partial charge in [-0.15, -0.1) is 0 Å². The first-order valence-corrected chi connectivity index (χ1v) is 7.42. The lowest BCUT2D eigenvalue weighted by Crippen LogP contribution is -2.10. The number of hydrogen-bond donors (Lipinski definition) is 2. The Bertz CT molecular complexity index is 874. The molecule has 3 aromatic rings. The Morgan fingerprint density at radius 2 is 1.78 bits per heavy atom. The molecule has 2 heterocycles. The Labute approximate surface area is 133 Å². The highest BCUT2D eigenvalue weighted by Crippen LogP contribution is 2.23. The fraction of sp³-hybridized carbons (Fsp3) is 0.176. The number of amides is 1. The number of nitrogens with two attached hydrogens (primary N) is 2. The molecular weight excluding hydrogens is 290 g/mol. The number of carbonyl (C=O) groups is 1. The van der Waals surface area contributed by atoms with Crippen molar-refractivity contribution in [2.45, 2.75) is 19.8 Å². The van der Waals surface area contributed by atoms with Crippen LogP contribution in [0.5, 0.6) is 0 Å². The van der Waals surface area contributed by atoms with E-state index in [1.807, 2.05) is 24.3 Å². The number of hydrogen-bond acceptors (Lipinski definition) is 5. The van der Waals surface area contributed by atoms with E-state index in [2.05, 4.69) is 21.9 Å². The number of aryl methyl sites for hydroxylation is 1. The summed E-state index contributed by atoms with van der Waals surface area (Å²) < 4.78 is 0. The minimum Gasteiger partial charge on any atom is -0.368 e. The molecule has 116 valence electrons. The predicted octanol–water partition coefficient (Wildman–Crippen LogP) is 2.33. The van der Waals surface area contributed by atoms with Crippen LogP contribution in [0.25, 0.3) is 22.3 Å². The van der Waals surface area contributed by atoms with Crippen molar-refractivity contribution in [3.05, 3.63) is 47.7 Å². The van der Waals surface area contributed by atoms with Gasteiger partial charge in [0, 0.05) is 11.1 Å². The molecule has 1 amide bonds. The number of primary amides is 1. The SMILES string of the molecule is CCCc1nc(N)nc2ccc(-c3ccc(C(N)=O)cc3)nc12. The predicted molar refractivity (Wildman–Crippen MR) is 89.7 cm³/mol. The smallest absolute Gasteiger partial charge is 0.248 e. The van der Waals surface area contributed by atoms with Crippen molar-refractivity contribution in [3.8, 4) is 11.3 Å². The van der Waals surface area contributed by atoms with Crippen molar-refractivity contribution < 1.29 is 4.79 Å². The summed E-state index contributed by atoms with van der Waals surface area (Å²) in [5, 5.41) is 0. The van der Waals surface area contributed by atoms with Gasteiger partial charge >= 0.3 is 0 Å². The number of rotatable bonds is 4. The van der Waals surface area contributed by atoms with Crippen molar-refractivity contribution in [1.29, 1.82) is 0 Å². The quantitative estimate of drug-likeness (QED) is 0.769. The van der Waals surface area contributed by atoms with Gasteiger partial charge in [-0.05, 0) is 30.7 Å². The van der Waals surface area contributed by atoms with Crippen molar-refractivity contribution in [1.82, 2.24) is 15.0 Å². The van der Waals surface area contributed by atoms with E-state index in [9.17, 15) is 4.79 Å². The molecule has 0 unspecified atom stereocenters. The minimum absolute atomic E-state index is 0.265. The van der Waals surface area contributed by atoms with Crippen LogP contribution < -0.4 is 11.5 Å². The number of benzene rings is 1. The van der Waals surface area contributed by atoms with Crippen LogP contribution in [0.2, 0.25) is 0 Å². The maximum Gasteiger partial charge on any atom is 0.248 e. The van der Waals surface area contributed by atoms with E-state index < -0.39 is 5.91 Å². The van der Waals surface area contributed by atoms with Gasteiger partial charge < -0.3 is 11.5 Å². The standard InChI is InChI=1S/C17H17N5O/c1-2-3-13-15-14(22-17(19)21-13)9-8-12(20-15)10-4-6-11(7-5-10)16(18)23/h4-9H,2-3H2,1H3,(H2,18,23)(H2,19,21,22). The van der Waals surface area contributed by atoms with E-state index in [0.717, 1.165) is 40.8 Å². The van der Waals surface area contributed by atoms with Crippen LogP contribution >= 0.6 is 0 Å². The van der Waals surface area contributed by atoms with E-state index in [4.69, 9.17) is 11.5 Å². The van der Waals surface area contributed by atoms with Crippen LogP contribution in [0, 0.1) is 0 Å². The van der Waals surface area contributed by atoms with Gasteiger partial charge in [-0.25, -0.2) is 15.0 Å². The van der Waals surface area contributed by atoms with E-state index >= 15 is 0 Å². The summed E-state index contributed by atoms with van der Waals surface area (Å²) >= 11 is 0. The molecule has 2 aromatic heterocycles. The third-order valence-corrected chi connectivity index (χ3v) is 3.58. The lowest BCUT2D eigenvalue weighted by atomic mass is 10.1. The lowest BCUT2D eigenvalue weighted by Gasteiger charge is -2.08. The lowest BCUT2D eigenvalue weighted by molar-refractivity contribution is 0.100. The Kier molecular flexibility index (Phi) is 3.89. The molecule has 0 aliphatic carbocycles. The maximum atomic E-state index is 11.2. The van der Waals surface area contributed by atoms with Crippen molar-refractivity contribution in [2.24, 2.45) is 5.73 Å². The third kappa shape index (κ3) is 2.96. The molecule has 6 heteroatoms. The highest BCUT2D eigenvalue weighted by molar-refractivity contribution is 5.93. The van der Waals surface area contributed by atoms with Crippen LogP contribution in [0.3, 0.4) is 0 Å². The molecule has 1 aromatic carbocycles. The topological polar surface area (TPSA) is 108 Å². The number of aromatic nitrogens is 3. The molecule has 0 radical (unpaired) electrons. The van der Waals surface area contributed by atoms with E-state index in [0.29, 0.717) is 5.56 Å². The second kappa shape index (κ2) is 6.00. The van der Waals surface area contributed by atoms with Crippen molar-refractivity contribution in [2.75, 3.05) is 5.73 Å². The Balaban J connectivity index is 2.10. The maximum absolute atomic E-state index is 11.2. The molecule has 4 N–H and O–H groups in total. The first-order chi connectivity index (χ1) is 11.1. The molecule has 0 saturated carbocycles. The zero-order chi connectivity index (χ0) is 16.4. The zero-order valence-electron chi connectivity index (χ0n) is 12.8. The van der Waals surface area contributed by atoms with Crippen LogP contribution in [-0.2, 0) is 6.42 Å². The molecule has 0 spiro atoms. The molecule has 0 aliphatic rings. The monoisotopic (exact) mass is 307 g/mol. The van der Waals surface area contributed by atoms with Crippen molar-refractivity contribution >= 4 is 22.9 Å². The normalized spacial score (nSPS) is 10.8. The average Bonchev–Trinajstić information content (AvgIpc) is 2.55. The molecule has 3 rings (SSSR count). The second-order valence-electron chi connectivity index (χ2n) is 5.28. The first kappa shape index (κ1) is 14.9. The fourth-order valence-electron chi connectivity index (χ4n) is 2.47. The average molecular weight is 307 g/mol. The molecule has 0 atom stereocenters. The third-order valence-electron chi connectivity index (χ3n) is 3.58. The number of fused-ring (bicyclic) bond motifs is 1. The highest BCUT2D eigenvalue weighted by atomic mass is 16.1. The van der Waals surface area contributed by atoms with Crippen LogP contribution in [0.1, 0.15) is 29.4 Å². The summed E-state index contributed by atoms with van der Waals surface area (Å²) in [6, 6.07) is 10.8. The summed E-state index contributed by atoms with van der Waals surface area (Å²) in [7, 11) is 0. The molecule has 0 fully saturated rings. The number of carbonyl (C=O) groups excluding carboxylic acids is 1. The van der Waals surface area contributed by atoms with Gasteiger partial charge in [0.25, 0.3) is 0 Å².